The molecule has 1 atom stereocenters. The van der Waals surface area contributed by atoms with Gasteiger partial charge >= 0.3 is 11.9 Å². The van der Waals surface area contributed by atoms with Gasteiger partial charge in [-0.3, -0.25) is 14.4 Å². The number of carbonyl (C=O) groups excluding carboxylic acids is 1. The Morgan fingerprint density at radius 2 is 1.71 bits per heavy atom. The van der Waals surface area contributed by atoms with Crippen LogP contribution < -0.4 is 11.5 Å². The maximum atomic E-state index is 10.6. The Kier molecular flexibility index (Phi) is 4.03. The Balaban J connectivity index is 4.47. The topological polar surface area (TPSA) is 144 Å². The molecule has 0 fully saturated rings. The molecule has 7 heteroatoms. The molecule has 0 aromatic carbocycles. The number of amides is 1. The Hall–Kier alpha value is -1.63. The van der Waals surface area contributed by atoms with E-state index < -0.39 is 36.2 Å². The van der Waals surface area contributed by atoms with Crippen LogP contribution in [-0.4, -0.2) is 33.6 Å². The van der Waals surface area contributed by atoms with Gasteiger partial charge in [-0.25, -0.2) is 0 Å². The molecule has 14 heavy (non-hydrogen) atoms. The quantitative estimate of drug-likeness (QED) is 0.414. The van der Waals surface area contributed by atoms with Crippen molar-refractivity contribution in [3.8, 4) is 0 Å². The van der Waals surface area contributed by atoms with Gasteiger partial charge in [0.1, 0.15) is 5.54 Å². The van der Waals surface area contributed by atoms with Gasteiger partial charge in [0.2, 0.25) is 5.91 Å². The minimum absolute atomic E-state index is 0.333. The Labute approximate surface area is 79.7 Å². The maximum Gasteiger partial charge on any atom is 0.324 e. The average Bonchev–Trinajstić information content (AvgIpc) is 1.99. The van der Waals surface area contributed by atoms with E-state index in [2.05, 4.69) is 0 Å². The number of hydrogen-bond donors (Lipinski definition) is 4. The highest BCUT2D eigenvalue weighted by atomic mass is 16.4. The van der Waals surface area contributed by atoms with Gasteiger partial charge < -0.3 is 21.7 Å². The molecule has 0 unspecified atom stereocenters. The second-order valence-electron chi connectivity index (χ2n) is 3.00. The summed E-state index contributed by atoms with van der Waals surface area (Å²) in [6, 6.07) is 0. The van der Waals surface area contributed by atoms with Crippen LogP contribution >= 0.6 is 0 Å². The van der Waals surface area contributed by atoms with Crippen molar-refractivity contribution in [1.82, 2.24) is 0 Å². The predicted octanol–water partition coefficient (Wildman–Crippen LogP) is -1.49. The summed E-state index contributed by atoms with van der Waals surface area (Å²) in [5.41, 5.74) is 8.23. The van der Waals surface area contributed by atoms with Crippen LogP contribution in [0, 0.1) is 0 Å². The molecule has 0 aromatic rings. The first-order valence-electron chi connectivity index (χ1n) is 3.80. The number of carboxylic acids is 2. The van der Waals surface area contributed by atoms with E-state index in [0.29, 0.717) is 0 Å². The molecule has 0 aliphatic heterocycles. The molecule has 0 heterocycles. The molecule has 0 saturated carbocycles. The maximum absolute atomic E-state index is 10.6. The normalized spacial score (nSPS) is 14.4. The van der Waals surface area contributed by atoms with Crippen LogP contribution in [0.5, 0.6) is 0 Å². The van der Waals surface area contributed by atoms with E-state index in [4.69, 9.17) is 21.7 Å². The van der Waals surface area contributed by atoms with E-state index in [1.54, 1.807) is 0 Å². The summed E-state index contributed by atoms with van der Waals surface area (Å²) in [7, 11) is 0. The standard InChI is InChI=1S/C7H12N2O5/c8-4(10)3-7(9,6(13)14)2-1-5(11)12/h1-3,9H2,(H2,8,10)(H,11,12)(H,13,14)/t7-/m1/s1. The summed E-state index contributed by atoms with van der Waals surface area (Å²) in [6.45, 7) is 0. The summed E-state index contributed by atoms with van der Waals surface area (Å²) < 4.78 is 0. The minimum atomic E-state index is -1.88. The fraction of sp³-hybridized carbons (Fsp3) is 0.571. The van der Waals surface area contributed by atoms with Crippen LogP contribution in [-0.2, 0) is 14.4 Å². The second-order valence-corrected chi connectivity index (χ2v) is 3.00. The summed E-state index contributed by atoms with van der Waals surface area (Å²) >= 11 is 0. The number of hydrogen-bond acceptors (Lipinski definition) is 4. The van der Waals surface area contributed by atoms with Crippen molar-refractivity contribution < 1.29 is 24.6 Å². The predicted molar refractivity (Wildman–Crippen MR) is 45.2 cm³/mol. The Bertz CT molecular complexity index is 265. The first-order valence-corrected chi connectivity index (χ1v) is 3.80. The lowest BCUT2D eigenvalue weighted by atomic mass is 9.90. The smallest absolute Gasteiger partial charge is 0.324 e. The lowest BCUT2D eigenvalue weighted by molar-refractivity contribution is -0.146. The molecule has 0 radical (unpaired) electrons. The van der Waals surface area contributed by atoms with Gasteiger partial charge in [0.05, 0.1) is 6.42 Å². The van der Waals surface area contributed by atoms with Crippen LogP contribution in [0.4, 0.5) is 0 Å². The molecule has 0 saturated heterocycles. The lowest BCUT2D eigenvalue weighted by Gasteiger charge is -2.21. The summed E-state index contributed by atoms with van der Waals surface area (Å²) in [5, 5.41) is 17.0. The van der Waals surface area contributed by atoms with Gasteiger partial charge in [-0.2, -0.15) is 0 Å². The fourth-order valence-corrected chi connectivity index (χ4v) is 0.912. The van der Waals surface area contributed by atoms with Crippen LogP contribution in [0.2, 0.25) is 0 Å². The summed E-state index contributed by atoms with van der Waals surface area (Å²) in [4.78, 5) is 31.3. The van der Waals surface area contributed by atoms with Crippen molar-refractivity contribution in [3.05, 3.63) is 0 Å². The number of nitrogens with two attached hydrogens (primary N) is 2. The Morgan fingerprint density at radius 3 is 2.00 bits per heavy atom. The van der Waals surface area contributed by atoms with E-state index >= 15 is 0 Å². The monoisotopic (exact) mass is 204 g/mol. The van der Waals surface area contributed by atoms with Gasteiger partial charge in [-0.15, -0.1) is 0 Å². The zero-order valence-corrected chi connectivity index (χ0v) is 7.40. The summed E-state index contributed by atoms with van der Waals surface area (Å²) in [6.07, 6.45) is -1.33. The summed E-state index contributed by atoms with van der Waals surface area (Å²) in [5.74, 6) is -3.48. The number of primary amides is 1. The molecular weight excluding hydrogens is 192 g/mol. The van der Waals surface area contributed by atoms with E-state index in [1.807, 2.05) is 0 Å². The number of aliphatic carboxylic acids is 2. The molecule has 1 amide bonds. The van der Waals surface area contributed by atoms with Crippen molar-refractivity contribution in [2.45, 2.75) is 24.8 Å². The Morgan fingerprint density at radius 1 is 1.21 bits per heavy atom. The third kappa shape index (κ3) is 3.85. The third-order valence-corrected chi connectivity index (χ3v) is 1.70. The van der Waals surface area contributed by atoms with Gasteiger partial charge in [-0.1, -0.05) is 0 Å². The molecule has 0 aliphatic carbocycles. The highest BCUT2D eigenvalue weighted by molar-refractivity contribution is 5.87. The van der Waals surface area contributed by atoms with Crippen LogP contribution in [0.3, 0.4) is 0 Å². The van der Waals surface area contributed by atoms with Gasteiger partial charge in [0.25, 0.3) is 0 Å². The molecule has 0 aromatic heterocycles. The van der Waals surface area contributed by atoms with Gasteiger partial charge in [-0.05, 0) is 6.42 Å². The molecule has 0 spiro atoms. The van der Waals surface area contributed by atoms with Crippen molar-refractivity contribution in [2.24, 2.45) is 11.5 Å². The number of carbonyl (C=O) groups is 3. The van der Waals surface area contributed by atoms with Crippen LogP contribution in [0.25, 0.3) is 0 Å². The largest absolute Gasteiger partial charge is 0.481 e. The van der Waals surface area contributed by atoms with E-state index in [1.165, 1.54) is 0 Å². The minimum Gasteiger partial charge on any atom is -0.481 e. The molecule has 7 nitrogen and oxygen atoms in total. The van der Waals surface area contributed by atoms with Gasteiger partial charge in [0.15, 0.2) is 0 Å². The van der Waals surface area contributed by atoms with Crippen molar-refractivity contribution >= 4 is 17.8 Å². The average molecular weight is 204 g/mol. The zero-order valence-electron chi connectivity index (χ0n) is 7.40. The van der Waals surface area contributed by atoms with Crippen molar-refractivity contribution in [1.29, 1.82) is 0 Å². The molecule has 0 bridgehead atoms. The highest BCUT2D eigenvalue weighted by Gasteiger charge is 2.36. The van der Waals surface area contributed by atoms with Crippen LogP contribution in [0.15, 0.2) is 0 Å². The SMILES string of the molecule is NC(=O)C[C@](N)(CCC(=O)O)C(=O)O. The first kappa shape index (κ1) is 12.4. The number of rotatable bonds is 6. The van der Waals surface area contributed by atoms with E-state index in [-0.39, 0.29) is 6.42 Å². The van der Waals surface area contributed by atoms with E-state index in [0.717, 1.165) is 0 Å². The lowest BCUT2D eigenvalue weighted by Crippen LogP contribution is -2.50. The molecule has 0 aliphatic rings. The molecule has 0 rings (SSSR count). The van der Waals surface area contributed by atoms with E-state index in [9.17, 15) is 14.4 Å². The number of carboxylic acid groups (broad SMARTS) is 2. The van der Waals surface area contributed by atoms with Crippen molar-refractivity contribution in [2.75, 3.05) is 0 Å². The fourth-order valence-electron chi connectivity index (χ4n) is 0.912. The first-order chi connectivity index (χ1) is 6.28. The van der Waals surface area contributed by atoms with Crippen LogP contribution in [0.1, 0.15) is 19.3 Å². The second kappa shape index (κ2) is 4.56. The highest BCUT2D eigenvalue weighted by Crippen LogP contribution is 2.14. The zero-order chi connectivity index (χ0) is 11.4. The molecule has 6 N–H and O–H groups in total. The molecular formula is C7H12N2O5. The molecule has 80 valence electrons. The van der Waals surface area contributed by atoms with Crippen molar-refractivity contribution in [3.63, 3.8) is 0 Å². The van der Waals surface area contributed by atoms with Gasteiger partial charge in [0, 0.05) is 6.42 Å². The third-order valence-electron chi connectivity index (χ3n) is 1.70.